The van der Waals surface area contributed by atoms with Gasteiger partial charge in [-0.05, 0) is 49.6 Å². The van der Waals surface area contributed by atoms with E-state index < -0.39 is 6.17 Å². The third kappa shape index (κ3) is 5.37. The number of nitrogens with two attached hydrogens (primary N) is 1. The Labute approximate surface area is 180 Å². The Morgan fingerprint density at radius 1 is 1.29 bits per heavy atom. The van der Waals surface area contributed by atoms with Crippen LogP contribution < -0.4 is 26.6 Å². The van der Waals surface area contributed by atoms with Crippen LogP contribution >= 0.6 is 0 Å². The lowest BCUT2D eigenvalue weighted by Crippen LogP contribution is -2.57. The molecule has 2 heterocycles. The molecule has 0 saturated heterocycles. The number of halogens is 1. The number of nitrogens with one attached hydrogen (secondary N) is 3. The molecule has 1 aliphatic heterocycles. The van der Waals surface area contributed by atoms with Crippen molar-refractivity contribution in [1.82, 2.24) is 20.9 Å². The van der Waals surface area contributed by atoms with Crippen LogP contribution in [0.2, 0.25) is 0 Å². The Kier molecular flexibility index (Phi) is 6.86. The van der Waals surface area contributed by atoms with E-state index in [2.05, 4.69) is 20.9 Å². The summed E-state index contributed by atoms with van der Waals surface area (Å²) in [6.45, 7) is 5.93. The molecule has 164 valence electrons. The zero-order valence-corrected chi connectivity index (χ0v) is 17.8. The van der Waals surface area contributed by atoms with Gasteiger partial charge in [0.2, 0.25) is 5.91 Å². The largest absolute Gasteiger partial charge is 0.382 e. The summed E-state index contributed by atoms with van der Waals surface area (Å²) in [5, 5.41) is 8.77. The number of hydrogen-bond acceptors (Lipinski definition) is 6. The summed E-state index contributed by atoms with van der Waals surface area (Å²) in [4.78, 5) is 30.2. The Morgan fingerprint density at radius 3 is 2.68 bits per heavy atom. The van der Waals surface area contributed by atoms with Crippen molar-refractivity contribution < 1.29 is 14.0 Å². The van der Waals surface area contributed by atoms with Gasteiger partial charge in [0.05, 0.1) is 5.69 Å². The first-order chi connectivity index (χ1) is 14.8. The van der Waals surface area contributed by atoms with E-state index in [0.29, 0.717) is 30.9 Å². The summed E-state index contributed by atoms with van der Waals surface area (Å²) in [6.07, 6.45) is 1.54. The Bertz CT molecular complexity index is 1010. The second-order valence-corrected chi connectivity index (χ2v) is 7.44. The molecule has 1 aromatic heterocycles. The third-order valence-corrected chi connectivity index (χ3v) is 5.09. The van der Waals surface area contributed by atoms with E-state index in [1.165, 1.54) is 19.1 Å². The molecule has 1 unspecified atom stereocenters. The number of rotatable bonds is 7. The fourth-order valence-corrected chi connectivity index (χ4v) is 3.41. The van der Waals surface area contributed by atoms with E-state index in [-0.39, 0.29) is 23.4 Å². The number of aromatic nitrogens is 1. The SMILES string of the molecule is CC(=O)NCc1cc(N2C(C)=CNC(=O)C2NCCc2ccc(F)cc2)c(N)nc1C. The van der Waals surface area contributed by atoms with Crippen molar-refractivity contribution in [3.63, 3.8) is 0 Å². The number of nitrogen functional groups attached to an aromatic ring is 1. The van der Waals surface area contributed by atoms with E-state index >= 15 is 0 Å². The van der Waals surface area contributed by atoms with Gasteiger partial charge in [0.1, 0.15) is 11.6 Å². The highest BCUT2D eigenvalue weighted by Crippen LogP contribution is 2.30. The molecule has 31 heavy (non-hydrogen) atoms. The smallest absolute Gasteiger partial charge is 0.262 e. The summed E-state index contributed by atoms with van der Waals surface area (Å²) in [7, 11) is 0. The fraction of sp³-hybridized carbons (Fsp3) is 0.318. The Morgan fingerprint density at radius 2 is 2.00 bits per heavy atom. The number of pyridine rings is 1. The van der Waals surface area contributed by atoms with Crippen molar-refractivity contribution in [3.8, 4) is 0 Å². The van der Waals surface area contributed by atoms with Crippen molar-refractivity contribution in [1.29, 1.82) is 0 Å². The molecule has 2 amide bonds. The highest BCUT2D eigenvalue weighted by atomic mass is 19.1. The lowest BCUT2D eigenvalue weighted by Gasteiger charge is -2.37. The highest BCUT2D eigenvalue weighted by Gasteiger charge is 2.32. The minimum atomic E-state index is -0.703. The van der Waals surface area contributed by atoms with Crippen LogP contribution in [0.5, 0.6) is 0 Å². The van der Waals surface area contributed by atoms with Crippen LogP contribution in [-0.4, -0.2) is 29.5 Å². The summed E-state index contributed by atoms with van der Waals surface area (Å²) in [5.74, 6) is -0.371. The van der Waals surface area contributed by atoms with Crippen LogP contribution in [-0.2, 0) is 22.6 Å². The lowest BCUT2D eigenvalue weighted by molar-refractivity contribution is -0.122. The number of benzene rings is 1. The predicted octanol–water partition coefficient (Wildman–Crippen LogP) is 1.70. The first kappa shape index (κ1) is 22.2. The minimum absolute atomic E-state index is 0.147. The molecule has 0 radical (unpaired) electrons. The molecule has 0 fully saturated rings. The van der Waals surface area contributed by atoms with Crippen LogP contribution in [0.1, 0.15) is 30.7 Å². The molecule has 0 saturated carbocycles. The topological polar surface area (TPSA) is 112 Å². The van der Waals surface area contributed by atoms with Crippen LogP contribution in [0.15, 0.2) is 42.2 Å². The molecule has 1 aromatic carbocycles. The summed E-state index contributed by atoms with van der Waals surface area (Å²) in [5.41, 5.74) is 10.0. The van der Waals surface area contributed by atoms with Gasteiger partial charge in [0, 0.05) is 37.6 Å². The molecular weight excluding hydrogens is 399 g/mol. The Balaban J connectivity index is 1.83. The third-order valence-electron chi connectivity index (χ3n) is 5.09. The van der Waals surface area contributed by atoms with E-state index in [0.717, 1.165) is 16.8 Å². The minimum Gasteiger partial charge on any atom is -0.382 e. The van der Waals surface area contributed by atoms with Gasteiger partial charge in [-0.1, -0.05) is 12.1 Å². The molecule has 0 aliphatic carbocycles. The van der Waals surface area contributed by atoms with E-state index in [4.69, 9.17) is 5.73 Å². The van der Waals surface area contributed by atoms with Gasteiger partial charge in [-0.3, -0.25) is 14.9 Å². The van der Waals surface area contributed by atoms with Crippen molar-refractivity contribution in [2.24, 2.45) is 0 Å². The van der Waals surface area contributed by atoms with Crippen LogP contribution in [0.25, 0.3) is 0 Å². The average Bonchev–Trinajstić information content (AvgIpc) is 2.72. The quantitative estimate of drug-likeness (QED) is 0.536. The van der Waals surface area contributed by atoms with Crippen molar-refractivity contribution in [2.45, 2.75) is 39.9 Å². The molecule has 0 spiro atoms. The maximum Gasteiger partial charge on any atom is 0.262 e. The summed E-state index contributed by atoms with van der Waals surface area (Å²) < 4.78 is 13.1. The molecule has 1 aliphatic rings. The number of allylic oxidation sites excluding steroid dienone is 1. The molecule has 2 aromatic rings. The van der Waals surface area contributed by atoms with Crippen molar-refractivity contribution in [2.75, 3.05) is 17.2 Å². The van der Waals surface area contributed by atoms with E-state index in [9.17, 15) is 14.0 Å². The second kappa shape index (κ2) is 9.57. The maximum absolute atomic E-state index is 13.1. The normalized spacial score (nSPS) is 16.0. The predicted molar refractivity (Wildman–Crippen MR) is 117 cm³/mol. The van der Waals surface area contributed by atoms with Gasteiger partial charge in [0.15, 0.2) is 6.17 Å². The van der Waals surface area contributed by atoms with Gasteiger partial charge < -0.3 is 21.3 Å². The first-order valence-corrected chi connectivity index (χ1v) is 10.0. The maximum atomic E-state index is 13.1. The van der Waals surface area contributed by atoms with Gasteiger partial charge in [-0.15, -0.1) is 0 Å². The number of amides is 2. The number of aryl methyl sites for hydroxylation is 1. The average molecular weight is 426 g/mol. The van der Waals surface area contributed by atoms with Crippen molar-refractivity contribution >= 4 is 23.3 Å². The molecular formula is C22H27FN6O2. The van der Waals surface area contributed by atoms with Crippen LogP contribution in [0.3, 0.4) is 0 Å². The molecule has 5 N–H and O–H groups in total. The zero-order chi connectivity index (χ0) is 22.5. The molecule has 1 atom stereocenters. The van der Waals surface area contributed by atoms with E-state index in [1.807, 2.05) is 19.9 Å². The van der Waals surface area contributed by atoms with E-state index in [1.54, 1.807) is 23.2 Å². The molecule has 0 bridgehead atoms. The van der Waals surface area contributed by atoms with Gasteiger partial charge >= 0.3 is 0 Å². The zero-order valence-electron chi connectivity index (χ0n) is 17.8. The second-order valence-electron chi connectivity index (χ2n) is 7.44. The number of hydrogen-bond donors (Lipinski definition) is 4. The number of carbonyl (C=O) groups is 2. The number of nitrogens with zero attached hydrogens (tertiary/aromatic N) is 2. The lowest BCUT2D eigenvalue weighted by atomic mass is 10.1. The van der Waals surface area contributed by atoms with Gasteiger partial charge in [-0.25, -0.2) is 9.37 Å². The first-order valence-electron chi connectivity index (χ1n) is 10.0. The standard InChI is InChI=1S/C22H27FN6O2/c1-13-11-27-22(31)21(25-9-8-16-4-6-18(23)7-5-16)29(13)19-10-17(12-26-15(3)30)14(2)28-20(19)24/h4-7,10-11,21,25H,8-9,12H2,1-3H3,(H2,24,28)(H,26,30)(H,27,31). The van der Waals surface area contributed by atoms with Gasteiger partial charge in [0.25, 0.3) is 5.91 Å². The van der Waals surface area contributed by atoms with Gasteiger partial charge in [-0.2, -0.15) is 0 Å². The molecule has 9 heteroatoms. The highest BCUT2D eigenvalue weighted by molar-refractivity contribution is 5.89. The monoisotopic (exact) mass is 426 g/mol. The molecule has 3 rings (SSSR count). The Hall–Kier alpha value is -3.46. The van der Waals surface area contributed by atoms with Crippen LogP contribution in [0.4, 0.5) is 15.9 Å². The number of anilines is 2. The fourth-order valence-electron chi connectivity index (χ4n) is 3.41. The van der Waals surface area contributed by atoms with Crippen molar-refractivity contribution in [3.05, 3.63) is 64.9 Å². The summed E-state index contributed by atoms with van der Waals surface area (Å²) >= 11 is 0. The van der Waals surface area contributed by atoms with Crippen LogP contribution in [0, 0.1) is 12.7 Å². The summed E-state index contributed by atoms with van der Waals surface area (Å²) in [6, 6.07) is 8.11. The number of carbonyl (C=O) groups excluding carboxylic acids is 2. The molecule has 8 nitrogen and oxygen atoms in total.